The van der Waals surface area contributed by atoms with E-state index >= 15 is 0 Å². The lowest BCUT2D eigenvalue weighted by Gasteiger charge is -2.15. The Bertz CT molecular complexity index is 829. The van der Waals surface area contributed by atoms with Crippen LogP contribution in [-0.2, 0) is 9.59 Å². The van der Waals surface area contributed by atoms with Gasteiger partial charge in [-0.1, -0.05) is 23.9 Å². The van der Waals surface area contributed by atoms with Crippen LogP contribution >= 0.6 is 23.5 Å². The lowest BCUT2D eigenvalue weighted by Crippen LogP contribution is -2.38. The fourth-order valence-electron chi connectivity index (χ4n) is 2.66. The highest BCUT2D eigenvalue weighted by molar-refractivity contribution is 8.18. The van der Waals surface area contributed by atoms with Crippen molar-refractivity contribution in [3.63, 3.8) is 0 Å². The number of rotatable bonds is 7. The van der Waals surface area contributed by atoms with Gasteiger partial charge in [0.1, 0.15) is 5.82 Å². The van der Waals surface area contributed by atoms with Crippen LogP contribution < -0.4 is 5.32 Å². The average molecular weight is 423 g/mol. The number of benzene rings is 1. The minimum Gasteiger partial charge on any atom is -0.354 e. The Kier molecular flexibility index (Phi) is 6.74. The molecule has 2 saturated heterocycles. The Morgan fingerprint density at radius 1 is 1.14 bits per heavy atom. The monoisotopic (exact) mass is 423 g/mol. The van der Waals surface area contributed by atoms with Gasteiger partial charge in [0.25, 0.3) is 16.4 Å². The quantitative estimate of drug-likeness (QED) is 0.679. The molecule has 148 valence electrons. The van der Waals surface area contributed by atoms with Gasteiger partial charge in [-0.25, -0.2) is 4.39 Å². The highest BCUT2D eigenvalue weighted by Gasteiger charge is 2.34. The number of hydrogen-bond donors (Lipinski definition) is 1. The molecule has 28 heavy (non-hydrogen) atoms. The van der Waals surface area contributed by atoms with Gasteiger partial charge in [-0.05, 0) is 35.5 Å². The zero-order chi connectivity index (χ0) is 20.1. The Morgan fingerprint density at radius 2 is 1.89 bits per heavy atom. The van der Waals surface area contributed by atoms with Crippen molar-refractivity contribution >= 4 is 51.9 Å². The summed E-state index contributed by atoms with van der Waals surface area (Å²) >= 11 is 2.05. The van der Waals surface area contributed by atoms with Crippen LogP contribution in [-0.4, -0.2) is 64.0 Å². The van der Waals surface area contributed by atoms with Gasteiger partial charge < -0.3 is 10.2 Å². The molecule has 4 amide bonds. The number of hydrogen-bond acceptors (Lipinski definition) is 6. The molecule has 0 aliphatic carbocycles. The van der Waals surface area contributed by atoms with Crippen molar-refractivity contribution in [3.05, 3.63) is 40.6 Å². The number of imide groups is 1. The molecule has 0 bridgehead atoms. The summed E-state index contributed by atoms with van der Waals surface area (Å²) in [5.74, 6) is -0.314. The predicted octanol–water partition coefficient (Wildman–Crippen LogP) is 2.54. The third-order valence-corrected chi connectivity index (χ3v) is 5.95. The molecule has 2 aliphatic heterocycles. The summed E-state index contributed by atoms with van der Waals surface area (Å²) in [6.45, 7) is 1.21. The Morgan fingerprint density at radius 3 is 2.57 bits per heavy atom. The molecule has 0 radical (unpaired) electrons. The molecule has 7 nitrogen and oxygen atoms in total. The molecule has 1 aromatic rings. The standard InChI is InChI=1S/C18H18FN3O4S2/c19-13-3-1-12(2-4-13)11-14-16(24)22(18(26)28-14)8-6-20-15(23)5-7-21-9-10-27-17(21)25/h1-4,11H,5-10H2,(H,20,23)/b14-11-. The maximum Gasteiger partial charge on any atom is 0.293 e. The largest absolute Gasteiger partial charge is 0.354 e. The van der Waals surface area contributed by atoms with Crippen molar-refractivity contribution in [2.24, 2.45) is 0 Å². The Hall–Kier alpha value is -2.33. The number of halogens is 1. The Balaban J connectivity index is 1.46. The minimum absolute atomic E-state index is 0.0152. The van der Waals surface area contributed by atoms with Crippen molar-refractivity contribution in [1.82, 2.24) is 15.1 Å². The van der Waals surface area contributed by atoms with Crippen molar-refractivity contribution in [2.45, 2.75) is 6.42 Å². The SMILES string of the molecule is O=C(CCN1CCSC1=O)NCCN1C(=O)S/C(=C\c2ccc(F)cc2)C1=O. The van der Waals surface area contributed by atoms with Crippen LogP contribution in [0.4, 0.5) is 14.0 Å². The van der Waals surface area contributed by atoms with E-state index in [0.29, 0.717) is 18.7 Å². The van der Waals surface area contributed by atoms with Gasteiger partial charge in [0.05, 0.1) is 4.91 Å². The molecule has 1 N–H and O–H groups in total. The van der Waals surface area contributed by atoms with Crippen LogP contribution in [0.25, 0.3) is 6.08 Å². The van der Waals surface area contributed by atoms with E-state index in [4.69, 9.17) is 0 Å². The molecule has 2 fully saturated rings. The summed E-state index contributed by atoms with van der Waals surface area (Å²) in [5.41, 5.74) is 0.620. The molecule has 2 heterocycles. The van der Waals surface area contributed by atoms with Crippen LogP contribution in [0.15, 0.2) is 29.2 Å². The maximum absolute atomic E-state index is 13.0. The number of nitrogens with one attached hydrogen (secondary N) is 1. The molecule has 0 unspecified atom stereocenters. The molecular formula is C18H18FN3O4S2. The number of thioether (sulfide) groups is 2. The lowest BCUT2D eigenvalue weighted by molar-refractivity contribution is -0.124. The number of amides is 4. The predicted molar refractivity (Wildman–Crippen MR) is 106 cm³/mol. The van der Waals surface area contributed by atoms with E-state index in [0.717, 1.165) is 22.4 Å². The fourth-order valence-corrected chi connectivity index (χ4v) is 4.38. The van der Waals surface area contributed by atoms with Gasteiger partial charge in [-0.15, -0.1) is 0 Å². The van der Waals surface area contributed by atoms with E-state index < -0.39 is 11.1 Å². The molecule has 0 aromatic heterocycles. The maximum atomic E-state index is 13.0. The molecule has 3 rings (SSSR count). The summed E-state index contributed by atoms with van der Waals surface area (Å²) in [5, 5.41) is 2.23. The van der Waals surface area contributed by atoms with E-state index in [9.17, 15) is 23.6 Å². The normalized spacial score (nSPS) is 18.5. The second kappa shape index (κ2) is 9.24. The Labute approximate surface area is 169 Å². The summed E-state index contributed by atoms with van der Waals surface area (Å²) in [4.78, 5) is 50.8. The van der Waals surface area contributed by atoms with Gasteiger partial charge in [-0.3, -0.25) is 24.1 Å². The van der Waals surface area contributed by atoms with Gasteiger partial charge in [-0.2, -0.15) is 0 Å². The van der Waals surface area contributed by atoms with E-state index in [1.807, 2.05) is 0 Å². The molecule has 0 atom stereocenters. The third kappa shape index (κ3) is 5.14. The molecule has 0 spiro atoms. The first-order valence-electron chi connectivity index (χ1n) is 8.63. The van der Waals surface area contributed by atoms with Crippen LogP contribution in [0.3, 0.4) is 0 Å². The van der Waals surface area contributed by atoms with E-state index in [-0.39, 0.29) is 41.4 Å². The summed E-state index contributed by atoms with van der Waals surface area (Å²) in [6, 6.07) is 5.60. The number of carbonyl (C=O) groups excluding carboxylic acids is 4. The van der Waals surface area contributed by atoms with Crippen molar-refractivity contribution < 1.29 is 23.6 Å². The highest BCUT2D eigenvalue weighted by atomic mass is 32.2. The van der Waals surface area contributed by atoms with E-state index in [1.165, 1.54) is 42.1 Å². The molecular weight excluding hydrogens is 405 g/mol. The van der Waals surface area contributed by atoms with E-state index in [1.54, 1.807) is 4.90 Å². The molecule has 2 aliphatic rings. The summed E-state index contributed by atoms with van der Waals surface area (Å²) in [6.07, 6.45) is 1.71. The number of nitrogens with zero attached hydrogens (tertiary/aromatic N) is 2. The lowest BCUT2D eigenvalue weighted by atomic mass is 10.2. The van der Waals surface area contributed by atoms with Crippen molar-refractivity contribution in [2.75, 3.05) is 31.9 Å². The molecule has 10 heteroatoms. The first kappa shape index (κ1) is 20.4. The van der Waals surface area contributed by atoms with Gasteiger partial charge in [0.15, 0.2) is 0 Å². The zero-order valence-electron chi connectivity index (χ0n) is 14.9. The fraction of sp³-hybridized carbons (Fsp3) is 0.333. The summed E-state index contributed by atoms with van der Waals surface area (Å²) in [7, 11) is 0. The number of carbonyl (C=O) groups is 4. The van der Waals surface area contributed by atoms with Crippen molar-refractivity contribution in [3.8, 4) is 0 Å². The van der Waals surface area contributed by atoms with Gasteiger partial charge >= 0.3 is 0 Å². The summed E-state index contributed by atoms with van der Waals surface area (Å²) < 4.78 is 13.0. The van der Waals surface area contributed by atoms with E-state index in [2.05, 4.69) is 5.32 Å². The first-order valence-corrected chi connectivity index (χ1v) is 10.4. The van der Waals surface area contributed by atoms with Crippen LogP contribution in [0.1, 0.15) is 12.0 Å². The second-order valence-electron chi connectivity index (χ2n) is 6.09. The van der Waals surface area contributed by atoms with Gasteiger partial charge in [0, 0.05) is 38.4 Å². The van der Waals surface area contributed by atoms with Crippen LogP contribution in [0, 0.1) is 5.82 Å². The molecule has 0 saturated carbocycles. The topological polar surface area (TPSA) is 86.8 Å². The minimum atomic E-state index is -0.437. The highest BCUT2D eigenvalue weighted by Crippen LogP contribution is 2.31. The van der Waals surface area contributed by atoms with Gasteiger partial charge in [0.2, 0.25) is 5.91 Å². The zero-order valence-corrected chi connectivity index (χ0v) is 16.5. The third-order valence-electron chi connectivity index (χ3n) is 4.15. The first-order chi connectivity index (χ1) is 13.4. The second-order valence-corrected chi connectivity index (χ2v) is 8.13. The van der Waals surface area contributed by atoms with Crippen molar-refractivity contribution in [1.29, 1.82) is 0 Å². The van der Waals surface area contributed by atoms with Crippen LogP contribution in [0.5, 0.6) is 0 Å². The molecule has 1 aromatic carbocycles. The van der Waals surface area contributed by atoms with Crippen LogP contribution in [0.2, 0.25) is 0 Å². The smallest absolute Gasteiger partial charge is 0.293 e. The average Bonchev–Trinajstić information content (AvgIpc) is 3.19.